The summed E-state index contributed by atoms with van der Waals surface area (Å²) in [6.45, 7) is 4.87. The van der Waals surface area contributed by atoms with E-state index >= 15 is 0 Å². The number of aryl methyl sites for hydroxylation is 1. The van der Waals surface area contributed by atoms with Gasteiger partial charge in [-0.1, -0.05) is 11.2 Å². The van der Waals surface area contributed by atoms with Gasteiger partial charge in [0.15, 0.2) is 11.7 Å². The Morgan fingerprint density at radius 3 is 2.50 bits per heavy atom. The fraction of sp³-hybridized carbons (Fsp3) is 0.444. The molecule has 1 fully saturated rings. The topological polar surface area (TPSA) is 56.9 Å². The van der Waals surface area contributed by atoms with Gasteiger partial charge in [0.1, 0.15) is 0 Å². The van der Waals surface area contributed by atoms with E-state index in [-0.39, 0.29) is 24.0 Å². The van der Waals surface area contributed by atoms with Crippen LogP contribution in [0, 0.1) is 6.92 Å². The van der Waals surface area contributed by atoms with Crippen molar-refractivity contribution in [2.45, 2.75) is 19.6 Å². The molecule has 0 aliphatic carbocycles. The number of hydrogen-bond donors (Lipinski definition) is 1. The standard InChI is InChI=1S/C18H22F3N5O.HI/c1-13-10-16(27-24-13)12-23-17(22-2)26-8-6-25(7-9-26)15-5-3-4-14(11-15)18(19,20)21;/h3-5,10-11H,6-9,12H2,1-2H3,(H,22,23);1H. The van der Waals surface area contributed by atoms with Gasteiger partial charge in [0, 0.05) is 45.0 Å². The van der Waals surface area contributed by atoms with Crippen LogP contribution in [0.5, 0.6) is 0 Å². The second-order valence-electron chi connectivity index (χ2n) is 6.36. The fourth-order valence-electron chi connectivity index (χ4n) is 3.05. The lowest BCUT2D eigenvalue weighted by Crippen LogP contribution is -2.52. The summed E-state index contributed by atoms with van der Waals surface area (Å²) in [6.07, 6.45) is -4.33. The highest BCUT2D eigenvalue weighted by Crippen LogP contribution is 2.31. The van der Waals surface area contributed by atoms with E-state index in [0.717, 1.165) is 23.5 Å². The predicted molar refractivity (Wildman–Crippen MR) is 112 cm³/mol. The number of piperazine rings is 1. The molecule has 28 heavy (non-hydrogen) atoms. The van der Waals surface area contributed by atoms with Crippen LogP contribution in [0.2, 0.25) is 0 Å². The lowest BCUT2D eigenvalue weighted by atomic mass is 10.1. The van der Waals surface area contributed by atoms with Gasteiger partial charge in [0.25, 0.3) is 0 Å². The van der Waals surface area contributed by atoms with Crippen molar-refractivity contribution in [3.63, 3.8) is 0 Å². The maximum Gasteiger partial charge on any atom is 0.416 e. The molecule has 1 aliphatic rings. The Morgan fingerprint density at radius 2 is 1.93 bits per heavy atom. The molecule has 1 aromatic heterocycles. The van der Waals surface area contributed by atoms with Crippen LogP contribution in [0.4, 0.5) is 18.9 Å². The van der Waals surface area contributed by atoms with E-state index in [0.29, 0.717) is 38.4 Å². The number of aliphatic imine (C=N–C) groups is 1. The van der Waals surface area contributed by atoms with Crippen LogP contribution in [-0.4, -0.2) is 49.2 Å². The summed E-state index contributed by atoms with van der Waals surface area (Å²) < 4.78 is 43.9. The van der Waals surface area contributed by atoms with Gasteiger partial charge in [-0.3, -0.25) is 4.99 Å². The molecule has 2 aromatic rings. The highest BCUT2D eigenvalue weighted by atomic mass is 127. The maximum absolute atomic E-state index is 12.9. The third-order valence-corrected chi connectivity index (χ3v) is 4.43. The van der Waals surface area contributed by atoms with Crippen molar-refractivity contribution < 1.29 is 17.7 Å². The summed E-state index contributed by atoms with van der Waals surface area (Å²) in [5, 5.41) is 7.07. The summed E-state index contributed by atoms with van der Waals surface area (Å²) in [6, 6.07) is 7.31. The van der Waals surface area contributed by atoms with E-state index in [4.69, 9.17) is 4.52 Å². The second kappa shape index (κ2) is 9.48. The number of nitrogens with zero attached hydrogens (tertiary/aromatic N) is 4. The van der Waals surface area contributed by atoms with Crippen LogP contribution in [0.1, 0.15) is 17.0 Å². The summed E-state index contributed by atoms with van der Waals surface area (Å²) in [7, 11) is 1.70. The number of anilines is 1. The molecule has 0 radical (unpaired) electrons. The summed E-state index contributed by atoms with van der Waals surface area (Å²) in [5.74, 6) is 1.45. The van der Waals surface area contributed by atoms with E-state index in [1.165, 1.54) is 12.1 Å². The Balaban J connectivity index is 0.00000280. The Labute approximate surface area is 178 Å². The average Bonchev–Trinajstić information content (AvgIpc) is 3.07. The molecule has 0 atom stereocenters. The monoisotopic (exact) mass is 509 g/mol. The number of nitrogens with one attached hydrogen (secondary N) is 1. The first-order chi connectivity index (χ1) is 12.9. The molecule has 0 unspecified atom stereocenters. The van der Waals surface area contributed by atoms with E-state index in [2.05, 4.69) is 20.4 Å². The van der Waals surface area contributed by atoms with Crippen LogP contribution < -0.4 is 10.2 Å². The summed E-state index contributed by atoms with van der Waals surface area (Å²) in [5.41, 5.74) is 0.781. The number of hydrogen-bond acceptors (Lipinski definition) is 4. The largest absolute Gasteiger partial charge is 0.416 e. The van der Waals surface area contributed by atoms with Gasteiger partial charge in [-0.25, -0.2) is 0 Å². The predicted octanol–water partition coefficient (Wildman–Crippen LogP) is 3.52. The van der Waals surface area contributed by atoms with E-state index < -0.39 is 11.7 Å². The molecule has 0 saturated carbocycles. The zero-order valence-electron chi connectivity index (χ0n) is 15.7. The highest BCUT2D eigenvalue weighted by molar-refractivity contribution is 14.0. The molecule has 1 saturated heterocycles. The van der Waals surface area contributed by atoms with Crippen LogP contribution in [0.15, 0.2) is 39.8 Å². The van der Waals surface area contributed by atoms with Crippen molar-refractivity contribution in [3.8, 4) is 0 Å². The summed E-state index contributed by atoms with van der Waals surface area (Å²) in [4.78, 5) is 8.31. The van der Waals surface area contributed by atoms with Crippen molar-refractivity contribution in [2.24, 2.45) is 4.99 Å². The number of aromatic nitrogens is 1. The first-order valence-electron chi connectivity index (χ1n) is 8.67. The molecule has 10 heteroatoms. The van der Waals surface area contributed by atoms with Gasteiger partial charge >= 0.3 is 6.18 Å². The number of rotatable bonds is 3. The van der Waals surface area contributed by atoms with Crippen LogP contribution in [0.25, 0.3) is 0 Å². The van der Waals surface area contributed by atoms with E-state index in [1.54, 1.807) is 13.1 Å². The molecule has 0 spiro atoms. The molecule has 0 bridgehead atoms. The average molecular weight is 509 g/mol. The maximum atomic E-state index is 12.9. The first kappa shape index (κ1) is 22.3. The fourth-order valence-corrected chi connectivity index (χ4v) is 3.05. The molecule has 0 amide bonds. The van der Waals surface area contributed by atoms with E-state index in [9.17, 15) is 13.2 Å². The Hall–Kier alpha value is -1.98. The minimum atomic E-state index is -4.33. The Kier molecular flexibility index (Phi) is 7.55. The lowest BCUT2D eigenvalue weighted by Gasteiger charge is -2.37. The first-order valence-corrected chi connectivity index (χ1v) is 8.67. The Morgan fingerprint density at radius 1 is 1.21 bits per heavy atom. The molecule has 1 N–H and O–H groups in total. The zero-order valence-corrected chi connectivity index (χ0v) is 18.0. The molecular formula is C18H23F3IN5O. The molecule has 1 aromatic carbocycles. The second-order valence-corrected chi connectivity index (χ2v) is 6.36. The van der Waals surface area contributed by atoms with Gasteiger partial charge in [-0.15, -0.1) is 24.0 Å². The number of alkyl halides is 3. The molecule has 6 nitrogen and oxygen atoms in total. The zero-order chi connectivity index (χ0) is 19.4. The third-order valence-electron chi connectivity index (χ3n) is 4.43. The highest BCUT2D eigenvalue weighted by Gasteiger charge is 2.31. The summed E-state index contributed by atoms with van der Waals surface area (Å²) >= 11 is 0. The van der Waals surface area contributed by atoms with Gasteiger partial charge in [0.2, 0.25) is 0 Å². The number of guanidine groups is 1. The minimum Gasteiger partial charge on any atom is -0.368 e. The van der Waals surface area contributed by atoms with Crippen molar-refractivity contribution >= 4 is 35.6 Å². The molecule has 2 heterocycles. The smallest absolute Gasteiger partial charge is 0.368 e. The van der Waals surface area contributed by atoms with Gasteiger partial charge < -0.3 is 19.6 Å². The van der Waals surface area contributed by atoms with Crippen LogP contribution in [0.3, 0.4) is 0 Å². The molecule has 154 valence electrons. The van der Waals surface area contributed by atoms with Crippen LogP contribution >= 0.6 is 24.0 Å². The minimum absolute atomic E-state index is 0. The van der Waals surface area contributed by atoms with Crippen molar-refractivity contribution in [3.05, 3.63) is 47.3 Å². The van der Waals surface area contributed by atoms with Gasteiger partial charge in [-0.2, -0.15) is 13.2 Å². The molecule has 1 aliphatic heterocycles. The molecule has 3 rings (SSSR count). The molecular weight excluding hydrogens is 486 g/mol. The van der Waals surface area contributed by atoms with Crippen molar-refractivity contribution in [1.82, 2.24) is 15.4 Å². The number of halogens is 4. The van der Waals surface area contributed by atoms with Gasteiger partial charge in [0.05, 0.1) is 17.8 Å². The van der Waals surface area contributed by atoms with Crippen molar-refractivity contribution in [1.29, 1.82) is 0 Å². The third kappa shape index (κ3) is 5.52. The van der Waals surface area contributed by atoms with Crippen LogP contribution in [-0.2, 0) is 12.7 Å². The Bertz CT molecular complexity index is 801. The van der Waals surface area contributed by atoms with Crippen molar-refractivity contribution in [2.75, 3.05) is 38.1 Å². The lowest BCUT2D eigenvalue weighted by molar-refractivity contribution is -0.137. The number of benzene rings is 1. The van der Waals surface area contributed by atoms with Gasteiger partial charge in [-0.05, 0) is 25.1 Å². The quantitative estimate of drug-likeness (QED) is 0.390. The normalized spacial score (nSPS) is 15.4. The SMILES string of the molecule is CN=C(NCc1cc(C)no1)N1CCN(c2cccc(C(F)(F)F)c2)CC1.I. The van der Waals surface area contributed by atoms with E-state index in [1.807, 2.05) is 17.9 Å².